The van der Waals surface area contributed by atoms with Gasteiger partial charge in [-0.25, -0.2) is 4.79 Å². The highest BCUT2D eigenvalue weighted by Gasteiger charge is 2.27. The standard InChI is InChI=1S/C13H26O2Si/c1-5-9-11-16(7-3,8-4)12-10-15-13(14)6-2/h6H,2,5,7-12H2,1,3-4H3. The minimum Gasteiger partial charge on any atom is -0.463 e. The summed E-state index contributed by atoms with van der Waals surface area (Å²) in [5, 5.41) is 0. The summed E-state index contributed by atoms with van der Waals surface area (Å²) in [6, 6.07) is 5.09. The fourth-order valence-electron chi connectivity index (χ4n) is 2.06. The summed E-state index contributed by atoms with van der Waals surface area (Å²) in [6.45, 7) is 10.8. The molecule has 0 amide bonds. The van der Waals surface area contributed by atoms with Crippen LogP contribution in [0, 0.1) is 0 Å². The summed E-state index contributed by atoms with van der Waals surface area (Å²) >= 11 is 0. The Hall–Kier alpha value is -0.573. The van der Waals surface area contributed by atoms with Gasteiger partial charge < -0.3 is 4.74 Å². The van der Waals surface area contributed by atoms with Gasteiger partial charge in [-0.1, -0.05) is 58.3 Å². The van der Waals surface area contributed by atoms with Gasteiger partial charge in [-0.3, -0.25) is 0 Å². The number of unbranched alkanes of at least 4 members (excludes halogenated alkanes) is 1. The molecule has 2 nitrogen and oxygen atoms in total. The molecule has 0 saturated carbocycles. The maximum atomic E-state index is 11.0. The quantitative estimate of drug-likeness (QED) is 0.347. The van der Waals surface area contributed by atoms with Crippen LogP contribution in [0.25, 0.3) is 0 Å². The summed E-state index contributed by atoms with van der Waals surface area (Å²) in [7, 11) is -1.16. The maximum Gasteiger partial charge on any atom is 0.330 e. The number of esters is 1. The van der Waals surface area contributed by atoms with Gasteiger partial charge in [-0.2, -0.15) is 0 Å². The van der Waals surface area contributed by atoms with Crippen LogP contribution < -0.4 is 0 Å². The van der Waals surface area contributed by atoms with E-state index < -0.39 is 8.07 Å². The number of carbonyl (C=O) groups is 1. The zero-order valence-electron chi connectivity index (χ0n) is 11.1. The van der Waals surface area contributed by atoms with Crippen molar-refractivity contribution in [2.45, 2.75) is 57.8 Å². The Kier molecular flexibility index (Phi) is 8.26. The van der Waals surface area contributed by atoms with E-state index in [1.54, 1.807) is 0 Å². The van der Waals surface area contributed by atoms with Crippen LogP contribution in [0.4, 0.5) is 0 Å². The second kappa shape index (κ2) is 8.56. The molecule has 0 aliphatic carbocycles. The van der Waals surface area contributed by atoms with Crippen molar-refractivity contribution in [1.29, 1.82) is 0 Å². The first-order valence-corrected chi connectivity index (χ1v) is 9.26. The largest absolute Gasteiger partial charge is 0.463 e. The van der Waals surface area contributed by atoms with Gasteiger partial charge in [0, 0.05) is 6.08 Å². The van der Waals surface area contributed by atoms with Gasteiger partial charge in [0.1, 0.15) is 0 Å². The highest BCUT2D eigenvalue weighted by Crippen LogP contribution is 2.27. The van der Waals surface area contributed by atoms with Gasteiger partial charge in [0.25, 0.3) is 0 Å². The molecule has 0 heterocycles. The van der Waals surface area contributed by atoms with E-state index in [9.17, 15) is 4.79 Å². The molecule has 0 fully saturated rings. The molecule has 0 aromatic rings. The number of carbonyl (C=O) groups excluding carboxylic acids is 1. The second-order valence-electron chi connectivity index (χ2n) is 4.43. The lowest BCUT2D eigenvalue weighted by Crippen LogP contribution is -2.33. The van der Waals surface area contributed by atoms with Crippen molar-refractivity contribution in [3.05, 3.63) is 12.7 Å². The van der Waals surface area contributed by atoms with Crippen molar-refractivity contribution >= 4 is 14.0 Å². The summed E-state index contributed by atoms with van der Waals surface area (Å²) in [6.07, 6.45) is 3.83. The van der Waals surface area contributed by atoms with Crippen LogP contribution in [-0.4, -0.2) is 20.7 Å². The van der Waals surface area contributed by atoms with E-state index in [1.165, 1.54) is 37.0 Å². The minimum atomic E-state index is -1.16. The Morgan fingerprint density at radius 2 is 1.88 bits per heavy atom. The molecule has 0 unspecified atom stereocenters. The third-order valence-corrected chi connectivity index (χ3v) is 9.28. The van der Waals surface area contributed by atoms with Gasteiger partial charge >= 0.3 is 5.97 Å². The van der Waals surface area contributed by atoms with E-state index in [0.29, 0.717) is 6.61 Å². The predicted molar refractivity (Wildman–Crippen MR) is 72.4 cm³/mol. The highest BCUT2D eigenvalue weighted by molar-refractivity contribution is 6.79. The molecule has 94 valence electrons. The Morgan fingerprint density at radius 1 is 1.25 bits per heavy atom. The molecule has 16 heavy (non-hydrogen) atoms. The van der Waals surface area contributed by atoms with Gasteiger partial charge in [-0.05, 0) is 6.04 Å². The summed E-state index contributed by atoms with van der Waals surface area (Å²) in [5.41, 5.74) is 0. The zero-order chi connectivity index (χ0) is 12.4. The molecule has 0 atom stereocenters. The van der Waals surface area contributed by atoms with Crippen molar-refractivity contribution in [1.82, 2.24) is 0 Å². The van der Waals surface area contributed by atoms with E-state index in [4.69, 9.17) is 4.74 Å². The first kappa shape index (κ1) is 15.4. The van der Waals surface area contributed by atoms with Crippen LogP contribution in [0.1, 0.15) is 33.6 Å². The van der Waals surface area contributed by atoms with Gasteiger partial charge in [0.2, 0.25) is 0 Å². The van der Waals surface area contributed by atoms with Crippen LogP contribution >= 0.6 is 0 Å². The average Bonchev–Trinajstić information content (AvgIpc) is 2.33. The molecule has 0 N–H and O–H groups in total. The zero-order valence-corrected chi connectivity index (χ0v) is 12.1. The molecule has 0 radical (unpaired) electrons. The Morgan fingerprint density at radius 3 is 2.31 bits per heavy atom. The summed E-state index contributed by atoms with van der Waals surface area (Å²) in [5.74, 6) is -0.286. The van der Waals surface area contributed by atoms with Gasteiger partial charge in [0.15, 0.2) is 0 Å². The monoisotopic (exact) mass is 242 g/mol. The molecular weight excluding hydrogens is 216 g/mol. The van der Waals surface area contributed by atoms with Crippen LogP contribution in [0.3, 0.4) is 0 Å². The Bertz CT molecular complexity index is 210. The average molecular weight is 242 g/mol. The topological polar surface area (TPSA) is 26.3 Å². The molecule has 0 aliphatic heterocycles. The normalized spacial score (nSPS) is 11.2. The maximum absolute atomic E-state index is 11.0. The predicted octanol–water partition coefficient (Wildman–Crippen LogP) is 4.00. The van der Waals surface area contributed by atoms with E-state index in [-0.39, 0.29) is 5.97 Å². The van der Waals surface area contributed by atoms with Crippen LogP contribution in [0.15, 0.2) is 12.7 Å². The first-order chi connectivity index (χ1) is 7.64. The highest BCUT2D eigenvalue weighted by atomic mass is 28.3. The van der Waals surface area contributed by atoms with Crippen molar-refractivity contribution in [3.8, 4) is 0 Å². The lowest BCUT2D eigenvalue weighted by molar-refractivity contribution is -0.137. The third kappa shape index (κ3) is 5.49. The molecular formula is C13H26O2Si. The fourth-order valence-corrected chi connectivity index (χ4v) is 5.86. The minimum absolute atomic E-state index is 0.286. The Labute approximate surface area is 101 Å². The smallest absolute Gasteiger partial charge is 0.330 e. The van der Waals surface area contributed by atoms with Crippen molar-refractivity contribution in [2.75, 3.05) is 6.61 Å². The third-order valence-electron chi connectivity index (χ3n) is 3.60. The lowest BCUT2D eigenvalue weighted by Gasteiger charge is -2.29. The molecule has 0 saturated heterocycles. The van der Waals surface area contributed by atoms with Crippen LogP contribution in [-0.2, 0) is 9.53 Å². The van der Waals surface area contributed by atoms with Crippen LogP contribution in [0.5, 0.6) is 0 Å². The number of hydrogen-bond acceptors (Lipinski definition) is 2. The lowest BCUT2D eigenvalue weighted by atomic mass is 10.4. The molecule has 0 aromatic carbocycles. The van der Waals surface area contributed by atoms with Crippen molar-refractivity contribution < 1.29 is 9.53 Å². The van der Waals surface area contributed by atoms with E-state index in [1.807, 2.05) is 0 Å². The first-order valence-electron chi connectivity index (χ1n) is 6.43. The Balaban J connectivity index is 4.09. The van der Waals surface area contributed by atoms with E-state index in [2.05, 4.69) is 27.4 Å². The molecule has 0 rings (SSSR count). The van der Waals surface area contributed by atoms with E-state index in [0.717, 1.165) is 6.04 Å². The van der Waals surface area contributed by atoms with Crippen molar-refractivity contribution in [2.24, 2.45) is 0 Å². The van der Waals surface area contributed by atoms with Crippen molar-refractivity contribution in [3.63, 3.8) is 0 Å². The summed E-state index contributed by atoms with van der Waals surface area (Å²) < 4.78 is 5.11. The molecule has 0 spiro atoms. The molecule has 0 bridgehead atoms. The SMILES string of the molecule is C=CC(=O)OCC[Si](CC)(CC)CCCC. The second-order valence-corrected chi connectivity index (χ2v) is 9.85. The number of rotatable bonds is 9. The number of ether oxygens (including phenoxy) is 1. The van der Waals surface area contributed by atoms with Gasteiger partial charge in [-0.15, -0.1) is 0 Å². The molecule has 0 aromatic heterocycles. The van der Waals surface area contributed by atoms with E-state index >= 15 is 0 Å². The van der Waals surface area contributed by atoms with Crippen LogP contribution in [0.2, 0.25) is 24.2 Å². The van der Waals surface area contributed by atoms with Gasteiger partial charge in [0.05, 0.1) is 14.7 Å². The molecule has 3 heteroatoms. The fraction of sp³-hybridized carbons (Fsp3) is 0.769. The molecule has 0 aliphatic rings. The number of hydrogen-bond donors (Lipinski definition) is 0. The summed E-state index contributed by atoms with van der Waals surface area (Å²) in [4.78, 5) is 11.0.